The summed E-state index contributed by atoms with van der Waals surface area (Å²) < 4.78 is 13.5. The zero-order valence-electron chi connectivity index (χ0n) is 15.8. The monoisotopic (exact) mass is 355 g/mol. The second-order valence-corrected chi connectivity index (χ2v) is 7.39. The van der Waals surface area contributed by atoms with Crippen molar-refractivity contribution in [3.63, 3.8) is 0 Å². The van der Waals surface area contributed by atoms with E-state index >= 15 is 0 Å². The van der Waals surface area contributed by atoms with Crippen LogP contribution in [0.5, 0.6) is 5.75 Å². The molecular formula is C21H29N3O2. The fraction of sp³-hybridized carbons (Fsp3) is 0.571. The molecule has 1 aliphatic heterocycles. The minimum atomic E-state index is 0.168. The highest BCUT2D eigenvalue weighted by atomic mass is 16.5. The Kier molecular flexibility index (Phi) is 5.27. The molecular weight excluding hydrogens is 326 g/mol. The van der Waals surface area contributed by atoms with Gasteiger partial charge in [0.2, 0.25) is 0 Å². The number of rotatable bonds is 6. The Labute approximate surface area is 155 Å². The molecule has 0 spiro atoms. The molecule has 1 N–H and O–H groups in total. The van der Waals surface area contributed by atoms with Crippen molar-refractivity contribution >= 4 is 0 Å². The highest BCUT2D eigenvalue weighted by Crippen LogP contribution is 2.34. The van der Waals surface area contributed by atoms with Crippen LogP contribution < -0.4 is 10.1 Å². The molecule has 2 heterocycles. The molecule has 3 atom stereocenters. The molecule has 1 aliphatic carbocycles. The van der Waals surface area contributed by atoms with Gasteiger partial charge in [-0.25, -0.2) is 0 Å². The molecule has 26 heavy (non-hydrogen) atoms. The number of benzene rings is 1. The molecule has 2 aliphatic rings. The minimum Gasteiger partial charge on any atom is -0.497 e. The predicted octanol–water partition coefficient (Wildman–Crippen LogP) is 3.14. The first kappa shape index (κ1) is 17.6. The zero-order valence-corrected chi connectivity index (χ0v) is 15.8. The predicted molar refractivity (Wildman–Crippen MR) is 102 cm³/mol. The summed E-state index contributed by atoms with van der Waals surface area (Å²) in [7, 11) is 1.74. The first-order valence-corrected chi connectivity index (χ1v) is 9.81. The highest BCUT2D eigenvalue weighted by molar-refractivity contribution is 5.37. The number of aryl methyl sites for hydroxylation is 2. The van der Waals surface area contributed by atoms with E-state index in [4.69, 9.17) is 9.47 Å². The van der Waals surface area contributed by atoms with Crippen LogP contribution >= 0.6 is 0 Å². The van der Waals surface area contributed by atoms with Gasteiger partial charge in [0.25, 0.3) is 0 Å². The van der Waals surface area contributed by atoms with Crippen molar-refractivity contribution in [3.05, 3.63) is 47.3 Å². The Morgan fingerprint density at radius 3 is 3.04 bits per heavy atom. The molecule has 4 rings (SSSR count). The molecule has 1 saturated heterocycles. The van der Waals surface area contributed by atoms with Gasteiger partial charge < -0.3 is 14.8 Å². The lowest BCUT2D eigenvalue weighted by molar-refractivity contribution is 0.0822. The van der Waals surface area contributed by atoms with Gasteiger partial charge in [-0.1, -0.05) is 6.07 Å². The minimum absolute atomic E-state index is 0.168. The van der Waals surface area contributed by atoms with E-state index in [1.54, 1.807) is 7.11 Å². The molecule has 2 aromatic rings. The largest absolute Gasteiger partial charge is 0.497 e. The van der Waals surface area contributed by atoms with Gasteiger partial charge in [-0.2, -0.15) is 5.10 Å². The SMILES string of the molecule is CCn1nccc1[C@@H]1OCC[C@H]1CNC1CCc2ccc(OC)cc2C1. The summed E-state index contributed by atoms with van der Waals surface area (Å²) in [6, 6.07) is 9.13. The fourth-order valence-electron chi connectivity index (χ4n) is 4.37. The van der Waals surface area contributed by atoms with Crippen LogP contribution in [0.1, 0.15) is 42.7 Å². The van der Waals surface area contributed by atoms with Crippen molar-refractivity contribution in [3.8, 4) is 5.75 Å². The number of nitrogens with zero attached hydrogens (tertiary/aromatic N) is 2. The summed E-state index contributed by atoms with van der Waals surface area (Å²) in [6.07, 6.45) is 6.59. The third kappa shape index (κ3) is 3.51. The van der Waals surface area contributed by atoms with E-state index < -0.39 is 0 Å². The third-order valence-corrected chi connectivity index (χ3v) is 5.87. The van der Waals surface area contributed by atoms with Gasteiger partial charge in [0, 0.05) is 37.9 Å². The van der Waals surface area contributed by atoms with Crippen LogP contribution in [0.4, 0.5) is 0 Å². The zero-order chi connectivity index (χ0) is 17.9. The number of methoxy groups -OCH3 is 1. The summed E-state index contributed by atoms with van der Waals surface area (Å²) in [6.45, 7) is 4.87. The van der Waals surface area contributed by atoms with Crippen LogP contribution in [0.3, 0.4) is 0 Å². The molecule has 0 radical (unpaired) electrons. The Balaban J connectivity index is 1.38. The highest BCUT2D eigenvalue weighted by Gasteiger charge is 2.32. The molecule has 1 unspecified atom stereocenters. The van der Waals surface area contributed by atoms with Gasteiger partial charge >= 0.3 is 0 Å². The molecule has 140 valence electrons. The van der Waals surface area contributed by atoms with Crippen molar-refractivity contribution in [2.45, 2.75) is 51.3 Å². The lowest BCUT2D eigenvalue weighted by Crippen LogP contribution is -2.38. The molecule has 0 saturated carbocycles. The molecule has 5 nitrogen and oxygen atoms in total. The maximum Gasteiger partial charge on any atom is 0.119 e. The average molecular weight is 355 g/mol. The van der Waals surface area contributed by atoms with E-state index in [-0.39, 0.29) is 6.10 Å². The van der Waals surface area contributed by atoms with E-state index in [2.05, 4.69) is 46.3 Å². The molecule has 0 amide bonds. The van der Waals surface area contributed by atoms with Crippen molar-refractivity contribution in [2.24, 2.45) is 5.92 Å². The maximum absolute atomic E-state index is 6.06. The van der Waals surface area contributed by atoms with Gasteiger partial charge in [0.05, 0.1) is 12.8 Å². The Hall–Kier alpha value is -1.85. The van der Waals surface area contributed by atoms with Crippen LogP contribution in [0.15, 0.2) is 30.5 Å². The second-order valence-electron chi connectivity index (χ2n) is 7.39. The fourth-order valence-corrected chi connectivity index (χ4v) is 4.37. The quantitative estimate of drug-likeness (QED) is 0.865. The van der Waals surface area contributed by atoms with Crippen LogP contribution in [-0.4, -0.2) is 36.1 Å². The van der Waals surface area contributed by atoms with E-state index in [1.807, 2.05) is 6.20 Å². The first-order chi connectivity index (χ1) is 12.8. The van der Waals surface area contributed by atoms with E-state index in [9.17, 15) is 0 Å². The molecule has 1 aromatic carbocycles. The van der Waals surface area contributed by atoms with Crippen LogP contribution in [-0.2, 0) is 24.1 Å². The summed E-state index contributed by atoms with van der Waals surface area (Å²) in [4.78, 5) is 0. The van der Waals surface area contributed by atoms with Crippen LogP contribution in [0.25, 0.3) is 0 Å². The molecule has 0 bridgehead atoms. The lowest BCUT2D eigenvalue weighted by Gasteiger charge is -2.28. The summed E-state index contributed by atoms with van der Waals surface area (Å²) >= 11 is 0. The van der Waals surface area contributed by atoms with Gasteiger partial charge in [-0.3, -0.25) is 4.68 Å². The molecule has 1 aromatic heterocycles. The smallest absolute Gasteiger partial charge is 0.119 e. The van der Waals surface area contributed by atoms with E-state index in [0.29, 0.717) is 12.0 Å². The van der Waals surface area contributed by atoms with Crippen molar-refractivity contribution in [2.75, 3.05) is 20.3 Å². The lowest BCUT2D eigenvalue weighted by atomic mass is 9.87. The average Bonchev–Trinajstić information content (AvgIpc) is 3.33. The summed E-state index contributed by atoms with van der Waals surface area (Å²) in [5.41, 5.74) is 4.12. The van der Waals surface area contributed by atoms with Gasteiger partial charge in [0.15, 0.2) is 0 Å². The van der Waals surface area contributed by atoms with Gasteiger partial charge in [-0.05, 0) is 61.9 Å². The Morgan fingerprint density at radius 1 is 1.27 bits per heavy atom. The maximum atomic E-state index is 6.06. The first-order valence-electron chi connectivity index (χ1n) is 9.81. The van der Waals surface area contributed by atoms with E-state index in [1.165, 1.54) is 23.2 Å². The molecule has 1 fully saturated rings. The number of aromatic nitrogens is 2. The third-order valence-electron chi connectivity index (χ3n) is 5.87. The normalized spacial score (nSPS) is 25.2. The number of nitrogens with one attached hydrogen (secondary N) is 1. The number of hydrogen-bond acceptors (Lipinski definition) is 4. The standard InChI is InChI=1S/C21H29N3O2/c1-3-24-20(8-10-23-24)21-16(9-11-26-21)14-22-18-6-4-15-5-7-19(25-2)13-17(15)12-18/h5,7-8,10,13,16,18,21-22H,3-4,6,9,11-12,14H2,1-2H3/t16-,18?,21+/m0/s1. The Bertz CT molecular complexity index is 743. The number of hydrogen-bond donors (Lipinski definition) is 1. The van der Waals surface area contributed by atoms with E-state index in [0.717, 1.165) is 44.7 Å². The van der Waals surface area contributed by atoms with Crippen molar-refractivity contribution in [1.82, 2.24) is 15.1 Å². The van der Waals surface area contributed by atoms with Crippen molar-refractivity contribution in [1.29, 1.82) is 0 Å². The number of ether oxygens (including phenoxy) is 2. The second kappa shape index (κ2) is 7.80. The van der Waals surface area contributed by atoms with Crippen LogP contribution in [0.2, 0.25) is 0 Å². The molecule has 5 heteroatoms. The summed E-state index contributed by atoms with van der Waals surface area (Å²) in [5, 5.41) is 8.23. The topological polar surface area (TPSA) is 48.3 Å². The van der Waals surface area contributed by atoms with Gasteiger partial charge in [0.1, 0.15) is 11.9 Å². The number of fused-ring (bicyclic) bond motifs is 1. The van der Waals surface area contributed by atoms with Crippen molar-refractivity contribution < 1.29 is 9.47 Å². The Morgan fingerprint density at radius 2 is 2.19 bits per heavy atom. The van der Waals surface area contributed by atoms with Gasteiger partial charge in [-0.15, -0.1) is 0 Å². The van der Waals surface area contributed by atoms with Crippen LogP contribution in [0, 0.1) is 5.92 Å². The summed E-state index contributed by atoms with van der Waals surface area (Å²) in [5.74, 6) is 1.48.